The van der Waals surface area contributed by atoms with Gasteiger partial charge in [-0.15, -0.1) is 0 Å². The molecule has 1 fully saturated rings. The van der Waals surface area contributed by atoms with E-state index >= 15 is 0 Å². The zero-order valence-electron chi connectivity index (χ0n) is 8.26. The molecule has 0 saturated heterocycles. The first-order chi connectivity index (χ1) is 6.79. The lowest BCUT2D eigenvalue weighted by Crippen LogP contribution is -2.36. The molecule has 2 heteroatoms. The molecule has 2 nitrogen and oxygen atoms in total. The molecule has 0 amide bonds. The summed E-state index contributed by atoms with van der Waals surface area (Å²) >= 11 is 0. The Kier molecular flexibility index (Phi) is 2.85. The molecule has 14 heavy (non-hydrogen) atoms. The van der Waals surface area contributed by atoms with E-state index in [0.717, 1.165) is 18.4 Å². The summed E-state index contributed by atoms with van der Waals surface area (Å²) in [4.78, 5) is 0. The summed E-state index contributed by atoms with van der Waals surface area (Å²) in [7, 11) is 0. The Bertz CT molecular complexity index is 282. The molecule has 2 rings (SSSR count). The molecule has 1 saturated carbocycles. The third-order valence-electron chi connectivity index (χ3n) is 3.19. The van der Waals surface area contributed by atoms with Crippen LogP contribution < -0.4 is 5.73 Å². The normalized spacial score (nSPS) is 21.3. The SMILES string of the molecule is N[C@H](c1ccccc1)[C@@H](O)C1CCC1. The summed E-state index contributed by atoms with van der Waals surface area (Å²) in [5, 5.41) is 9.97. The van der Waals surface area contributed by atoms with Crippen LogP contribution in [0.4, 0.5) is 0 Å². The number of aliphatic hydroxyl groups is 1. The fourth-order valence-corrected chi connectivity index (χ4v) is 1.95. The first kappa shape index (κ1) is 9.69. The van der Waals surface area contributed by atoms with Crippen LogP contribution in [-0.2, 0) is 0 Å². The minimum atomic E-state index is -0.369. The lowest BCUT2D eigenvalue weighted by atomic mass is 9.77. The van der Waals surface area contributed by atoms with Gasteiger partial charge < -0.3 is 10.8 Å². The van der Waals surface area contributed by atoms with E-state index in [1.54, 1.807) is 0 Å². The van der Waals surface area contributed by atoms with Gasteiger partial charge in [-0.05, 0) is 24.3 Å². The number of hydrogen-bond donors (Lipinski definition) is 2. The van der Waals surface area contributed by atoms with Crippen molar-refractivity contribution in [2.45, 2.75) is 31.4 Å². The van der Waals surface area contributed by atoms with E-state index in [1.807, 2.05) is 30.3 Å². The summed E-state index contributed by atoms with van der Waals surface area (Å²) in [6.45, 7) is 0. The summed E-state index contributed by atoms with van der Waals surface area (Å²) in [6, 6.07) is 9.62. The average Bonchev–Trinajstić information content (AvgIpc) is 2.15. The summed E-state index contributed by atoms with van der Waals surface area (Å²) < 4.78 is 0. The molecule has 0 heterocycles. The third kappa shape index (κ3) is 1.81. The summed E-state index contributed by atoms with van der Waals surface area (Å²) in [5.74, 6) is 0.421. The van der Waals surface area contributed by atoms with Gasteiger partial charge in [-0.1, -0.05) is 36.8 Å². The van der Waals surface area contributed by atoms with Crippen LogP contribution in [0.2, 0.25) is 0 Å². The van der Waals surface area contributed by atoms with Crippen molar-refractivity contribution in [2.75, 3.05) is 0 Å². The van der Waals surface area contributed by atoms with E-state index < -0.39 is 0 Å². The van der Waals surface area contributed by atoms with E-state index in [-0.39, 0.29) is 12.1 Å². The van der Waals surface area contributed by atoms with Crippen LogP contribution in [0.15, 0.2) is 30.3 Å². The molecule has 0 aromatic heterocycles. The number of aliphatic hydroxyl groups excluding tert-OH is 1. The van der Waals surface area contributed by atoms with Crippen molar-refractivity contribution in [3.63, 3.8) is 0 Å². The smallest absolute Gasteiger partial charge is 0.0760 e. The van der Waals surface area contributed by atoms with E-state index in [0.29, 0.717) is 5.92 Å². The first-order valence-corrected chi connectivity index (χ1v) is 5.27. The highest BCUT2D eigenvalue weighted by molar-refractivity contribution is 5.19. The van der Waals surface area contributed by atoms with Crippen molar-refractivity contribution in [2.24, 2.45) is 11.7 Å². The lowest BCUT2D eigenvalue weighted by Gasteiger charge is -2.33. The second-order valence-corrected chi connectivity index (χ2v) is 4.12. The maximum atomic E-state index is 9.97. The van der Waals surface area contributed by atoms with Crippen molar-refractivity contribution in [3.05, 3.63) is 35.9 Å². The highest BCUT2D eigenvalue weighted by Gasteiger charge is 2.30. The van der Waals surface area contributed by atoms with Gasteiger partial charge in [0.05, 0.1) is 12.1 Å². The minimum absolute atomic E-state index is 0.221. The van der Waals surface area contributed by atoms with E-state index in [9.17, 15) is 5.11 Å². The molecular weight excluding hydrogens is 174 g/mol. The van der Waals surface area contributed by atoms with Gasteiger partial charge >= 0.3 is 0 Å². The van der Waals surface area contributed by atoms with Crippen LogP contribution in [0.25, 0.3) is 0 Å². The molecule has 3 N–H and O–H groups in total. The van der Waals surface area contributed by atoms with Crippen LogP contribution >= 0.6 is 0 Å². The van der Waals surface area contributed by atoms with E-state index in [4.69, 9.17) is 5.73 Å². The highest BCUT2D eigenvalue weighted by atomic mass is 16.3. The predicted octanol–water partition coefficient (Wildman–Crippen LogP) is 1.85. The largest absolute Gasteiger partial charge is 0.391 e. The molecular formula is C12H17NO. The van der Waals surface area contributed by atoms with Crippen LogP contribution in [-0.4, -0.2) is 11.2 Å². The minimum Gasteiger partial charge on any atom is -0.391 e. The molecule has 0 unspecified atom stereocenters. The topological polar surface area (TPSA) is 46.2 Å². The van der Waals surface area contributed by atoms with Crippen molar-refractivity contribution in [3.8, 4) is 0 Å². The van der Waals surface area contributed by atoms with Crippen LogP contribution in [0.1, 0.15) is 30.9 Å². The Balaban J connectivity index is 2.03. The maximum absolute atomic E-state index is 9.97. The van der Waals surface area contributed by atoms with Crippen molar-refractivity contribution < 1.29 is 5.11 Å². The quantitative estimate of drug-likeness (QED) is 0.766. The van der Waals surface area contributed by atoms with Gasteiger partial charge in [0.15, 0.2) is 0 Å². The first-order valence-electron chi connectivity index (χ1n) is 5.27. The van der Waals surface area contributed by atoms with Gasteiger partial charge in [-0.2, -0.15) is 0 Å². The van der Waals surface area contributed by atoms with Gasteiger partial charge in [0, 0.05) is 0 Å². The van der Waals surface area contributed by atoms with E-state index in [1.165, 1.54) is 6.42 Å². The molecule has 1 aliphatic rings. The summed E-state index contributed by atoms with van der Waals surface area (Å²) in [6.07, 6.45) is 3.12. The number of nitrogens with two attached hydrogens (primary N) is 1. The second-order valence-electron chi connectivity index (χ2n) is 4.12. The van der Waals surface area contributed by atoms with Crippen LogP contribution in [0.3, 0.4) is 0 Å². The van der Waals surface area contributed by atoms with Crippen molar-refractivity contribution in [1.29, 1.82) is 0 Å². The molecule has 0 aliphatic heterocycles. The van der Waals surface area contributed by atoms with Crippen molar-refractivity contribution in [1.82, 2.24) is 0 Å². The molecule has 2 atom stereocenters. The predicted molar refractivity (Wildman–Crippen MR) is 56.7 cm³/mol. The highest BCUT2D eigenvalue weighted by Crippen LogP contribution is 2.34. The lowest BCUT2D eigenvalue weighted by molar-refractivity contribution is 0.0414. The van der Waals surface area contributed by atoms with E-state index in [2.05, 4.69) is 0 Å². The monoisotopic (exact) mass is 191 g/mol. The Morgan fingerprint density at radius 2 is 1.86 bits per heavy atom. The maximum Gasteiger partial charge on any atom is 0.0760 e. The number of benzene rings is 1. The van der Waals surface area contributed by atoms with Gasteiger partial charge in [0.25, 0.3) is 0 Å². The molecule has 1 aliphatic carbocycles. The zero-order chi connectivity index (χ0) is 9.97. The molecule has 0 bridgehead atoms. The van der Waals surface area contributed by atoms with Gasteiger partial charge in [-0.25, -0.2) is 0 Å². The third-order valence-corrected chi connectivity index (χ3v) is 3.19. The standard InChI is InChI=1S/C12H17NO/c13-11(9-5-2-1-3-6-9)12(14)10-7-4-8-10/h1-3,5-6,10-12,14H,4,7-8,13H2/t11-,12+/m1/s1. The molecule has 0 radical (unpaired) electrons. The Morgan fingerprint density at radius 3 is 2.36 bits per heavy atom. The second kappa shape index (κ2) is 4.11. The molecule has 76 valence electrons. The Labute approximate surface area is 84.7 Å². The fraction of sp³-hybridized carbons (Fsp3) is 0.500. The van der Waals surface area contributed by atoms with Crippen LogP contribution in [0, 0.1) is 5.92 Å². The summed E-state index contributed by atoms with van der Waals surface area (Å²) in [5.41, 5.74) is 7.03. The van der Waals surface area contributed by atoms with Crippen LogP contribution in [0.5, 0.6) is 0 Å². The average molecular weight is 191 g/mol. The van der Waals surface area contributed by atoms with Gasteiger partial charge in [0.1, 0.15) is 0 Å². The van der Waals surface area contributed by atoms with Gasteiger partial charge in [0.2, 0.25) is 0 Å². The molecule has 1 aromatic rings. The fourth-order valence-electron chi connectivity index (χ4n) is 1.95. The van der Waals surface area contributed by atoms with Crippen molar-refractivity contribution >= 4 is 0 Å². The molecule has 1 aromatic carbocycles. The van der Waals surface area contributed by atoms with Gasteiger partial charge in [-0.3, -0.25) is 0 Å². The Hall–Kier alpha value is -0.860. The number of rotatable bonds is 3. The molecule has 0 spiro atoms. The zero-order valence-corrected chi connectivity index (χ0v) is 8.26. The number of hydrogen-bond acceptors (Lipinski definition) is 2. The Morgan fingerprint density at radius 1 is 1.21 bits per heavy atom.